The molecule has 0 bridgehead atoms. The minimum atomic E-state index is -1.59. The maximum Gasteiger partial charge on any atom is 0.340 e. The summed E-state index contributed by atoms with van der Waals surface area (Å²) in [6.07, 6.45) is 1.13. The number of alkyl halides is 1. The molecular weight excluding hydrogens is 151 g/mol. The average molecular weight is 162 g/mol. The minimum absolute atomic E-state index is 0.0134. The van der Waals surface area contributed by atoms with Crippen LogP contribution in [0.1, 0.15) is 6.42 Å². The molecule has 1 unspecified atom stereocenters. The van der Waals surface area contributed by atoms with Crippen molar-refractivity contribution in [1.82, 2.24) is 0 Å². The number of rotatable bonds is 4. The predicted octanol–water partition coefficient (Wildman–Crippen LogP) is 1.05. The summed E-state index contributed by atoms with van der Waals surface area (Å²) in [6.45, 7) is 0. The van der Waals surface area contributed by atoms with Crippen molar-refractivity contribution in [3.8, 4) is 0 Å². The first-order valence-corrected chi connectivity index (χ1v) is 3.12. The lowest BCUT2D eigenvalue weighted by molar-refractivity contribution is -0.146. The van der Waals surface area contributed by atoms with E-state index in [2.05, 4.69) is 9.47 Å². The number of carbonyl (C=O) groups excluding carboxylic acids is 1. The third kappa shape index (κ3) is 4.36. The van der Waals surface area contributed by atoms with Gasteiger partial charge in [-0.25, -0.2) is 9.18 Å². The van der Waals surface area contributed by atoms with Crippen molar-refractivity contribution in [2.75, 3.05) is 14.2 Å². The molecule has 0 aromatic heterocycles. The van der Waals surface area contributed by atoms with Gasteiger partial charge < -0.3 is 9.47 Å². The Balaban J connectivity index is 3.59. The van der Waals surface area contributed by atoms with Gasteiger partial charge >= 0.3 is 5.97 Å². The van der Waals surface area contributed by atoms with Crippen molar-refractivity contribution in [3.05, 3.63) is 12.3 Å². The molecule has 0 aromatic rings. The molecule has 3 nitrogen and oxygen atoms in total. The van der Waals surface area contributed by atoms with Crippen molar-refractivity contribution in [3.63, 3.8) is 0 Å². The Kier molecular flexibility index (Phi) is 5.15. The third-order valence-corrected chi connectivity index (χ3v) is 1.03. The lowest BCUT2D eigenvalue weighted by Crippen LogP contribution is -2.15. The summed E-state index contributed by atoms with van der Waals surface area (Å²) in [6, 6.07) is 0. The number of esters is 1. The van der Waals surface area contributed by atoms with Crippen LogP contribution in [0, 0.1) is 0 Å². The molecule has 0 saturated heterocycles. The summed E-state index contributed by atoms with van der Waals surface area (Å²) >= 11 is 0. The molecule has 11 heavy (non-hydrogen) atoms. The van der Waals surface area contributed by atoms with Crippen molar-refractivity contribution >= 4 is 5.97 Å². The fraction of sp³-hybridized carbons (Fsp3) is 0.571. The standard InChI is InChI=1S/C7H11FO3/c1-10-5-3-4-6(8)7(9)11-2/h3,5-6H,4H2,1-2H3. The average Bonchev–Trinajstić information content (AvgIpc) is 2.03. The Morgan fingerprint density at radius 2 is 2.27 bits per heavy atom. The van der Waals surface area contributed by atoms with Crippen LogP contribution < -0.4 is 0 Å². The van der Waals surface area contributed by atoms with Crippen LogP contribution in [-0.2, 0) is 14.3 Å². The summed E-state index contributed by atoms with van der Waals surface area (Å²) in [5.74, 6) is -0.856. The predicted molar refractivity (Wildman–Crippen MR) is 37.7 cm³/mol. The molecule has 0 aromatic carbocycles. The van der Waals surface area contributed by atoms with Gasteiger partial charge in [-0.15, -0.1) is 0 Å². The molecule has 0 amide bonds. The van der Waals surface area contributed by atoms with Gasteiger partial charge in [0.1, 0.15) is 0 Å². The van der Waals surface area contributed by atoms with Gasteiger partial charge in [0.25, 0.3) is 0 Å². The van der Waals surface area contributed by atoms with E-state index in [0.717, 1.165) is 7.11 Å². The second-order valence-electron chi connectivity index (χ2n) is 1.83. The molecule has 0 fully saturated rings. The van der Waals surface area contributed by atoms with Gasteiger partial charge in [-0.05, 0) is 6.08 Å². The molecule has 64 valence electrons. The Morgan fingerprint density at radius 3 is 2.73 bits per heavy atom. The molecule has 4 heteroatoms. The molecule has 0 aliphatic rings. The lowest BCUT2D eigenvalue weighted by atomic mass is 10.3. The highest BCUT2D eigenvalue weighted by atomic mass is 19.1. The Hall–Kier alpha value is -1.06. The molecule has 0 heterocycles. The molecule has 0 aliphatic heterocycles. The molecule has 0 N–H and O–H groups in total. The molecule has 0 aliphatic carbocycles. The molecule has 1 atom stereocenters. The van der Waals surface area contributed by atoms with Crippen LogP contribution in [0.2, 0.25) is 0 Å². The number of carbonyl (C=O) groups is 1. The van der Waals surface area contributed by atoms with E-state index in [1.54, 1.807) is 0 Å². The third-order valence-electron chi connectivity index (χ3n) is 1.03. The molecule has 0 radical (unpaired) electrons. The van der Waals surface area contributed by atoms with Crippen LogP contribution in [-0.4, -0.2) is 26.4 Å². The highest BCUT2D eigenvalue weighted by Gasteiger charge is 2.14. The SMILES string of the molecule is COC=CCC(F)C(=O)OC. The lowest BCUT2D eigenvalue weighted by Gasteiger charge is -2.00. The van der Waals surface area contributed by atoms with E-state index in [9.17, 15) is 9.18 Å². The molecule has 0 saturated carbocycles. The molecule has 0 rings (SSSR count). The highest BCUT2D eigenvalue weighted by molar-refractivity contribution is 5.74. The van der Waals surface area contributed by atoms with E-state index in [4.69, 9.17) is 0 Å². The van der Waals surface area contributed by atoms with Crippen LogP contribution in [0.4, 0.5) is 4.39 Å². The van der Waals surface area contributed by atoms with Crippen LogP contribution in [0.15, 0.2) is 12.3 Å². The van der Waals surface area contributed by atoms with Crippen molar-refractivity contribution in [2.24, 2.45) is 0 Å². The smallest absolute Gasteiger partial charge is 0.340 e. The first-order chi connectivity index (χ1) is 5.22. The van der Waals surface area contributed by atoms with Crippen molar-refractivity contribution in [2.45, 2.75) is 12.6 Å². The Bertz CT molecular complexity index is 145. The van der Waals surface area contributed by atoms with Gasteiger partial charge in [-0.3, -0.25) is 0 Å². The van der Waals surface area contributed by atoms with Crippen LogP contribution in [0.25, 0.3) is 0 Å². The summed E-state index contributed by atoms with van der Waals surface area (Å²) < 4.78 is 21.2. The summed E-state index contributed by atoms with van der Waals surface area (Å²) in [5, 5.41) is 0. The van der Waals surface area contributed by atoms with Gasteiger partial charge in [0.05, 0.1) is 20.5 Å². The molecule has 0 spiro atoms. The van der Waals surface area contributed by atoms with Gasteiger partial charge in [0, 0.05) is 6.42 Å². The quantitative estimate of drug-likeness (QED) is 0.457. The first kappa shape index (κ1) is 9.94. The van der Waals surface area contributed by atoms with Gasteiger partial charge in [-0.2, -0.15) is 0 Å². The highest BCUT2D eigenvalue weighted by Crippen LogP contribution is 2.00. The van der Waals surface area contributed by atoms with Crippen LogP contribution in [0.3, 0.4) is 0 Å². The second-order valence-corrected chi connectivity index (χ2v) is 1.83. The topological polar surface area (TPSA) is 35.5 Å². The Morgan fingerprint density at radius 1 is 1.64 bits per heavy atom. The number of halogens is 1. The van der Waals surface area contributed by atoms with E-state index in [1.165, 1.54) is 19.4 Å². The number of hydrogen-bond donors (Lipinski definition) is 0. The number of methoxy groups -OCH3 is 2. The minimum Gasteiger partial charge on any atom is -0.505 e. The van der Waals surface area contributed by atoms with E-state index in [0.29, 0.717) is 0 Å². The summed E-state index contributed by atoms with van der Waals surface area (Å²) in [4.78, 5) is 10.4. The largest absolute Gasteiger partial charge is 0.505 e. The van der Waals surface area contributed by atoms with Gasteiger partial charge in [0.2, 0.25) is 6.17 Å². The first-order valence-electron chi connectivity index (χ1n) is 3.12. The van der Waals surface area contributed by atoms with E-state index < -0.39 is 12.1 Å². The van der Waals surface area contributed by atoms with E-state index in [-0.39, 0.29) is 6.42 Å². The zero-order valence-electron chi connectivity index (χ0n) is 6.54. The number of hydrogen-bond acceptors (Lipinski definition) is 3. The maximum atomic E-state index is 12.5. The monoisotopic (exact) mass is 162 g/mol. The van der Waals surface area contributed by atoms with E-state index >= 15 is 0 Å². The van der Waals surface area contributed by atoms with Gasteiger partial charge in [0.15, 0.2) is 0 Å². The fourth-order valence-corrected chi connectivity index (χ4v) is 0.495. The normalized spacial score (nSPS) is 13.0. The second kappa shape index (κ2) is 5.70. The summed E-state index contributed by atoms with van der Waals surface area (Å²) in [5.41, 5.74) is 0. The summed E-state index contributed by atoms with van der Waals surface area (Å²) in [7, 11) is 2.59. The van der Waals surface area contributed by atoms with Crippen molar-refractivity contribution < 1.29 is 18.7 Å². The number of ether oxygens (including phenoxy) is 2. The zero-order chi connectivity index (χ0) is 8.69. The fourth-order valence-electron chi connectivity index (χ4n) is 0.495. The molecular formula is C7H11FO3. The van der Waals surface area contributed by atoms with Gasteiger partial charge in [-0.1, -0.05) is 0 Å². The maximum absolute atomic E-state index is 12.5. The van der Waals surface area contributed by atoms with E-state index in [1.807, 2.05) is 0 Å². The Labute approximate surface area is 64.8 Å². The van der Waals surface area contributed by atoms with Crippen LogP contribution >= 0.6 is 0 Å². The van der Waals surface area contributed by atoms with Crippen LogP contribution in [0.5, 0.6) is 0 Å². The zero-order valence-corrected chi connectivity index (χ0v) is 6.54. The number of allylic oxidation sites excluding steroid dienone is 1. The van der Waals surface area contributed by atoms with Crippen molar-refractivity contribution in [1.29, 1.82) is 0 Å².